The number of nitriles is 1. The van der Waals surface area contributed by atoms with Crippen molar-refractivity contribution in [1.29, 1.82) is 5.26 Å². The predicted molar refractivity (Wildman–Crippen MR) is 112 cm³/mol. The molecule has 2 N–H and O–H groups in total. The molecule has 1 aliphatic carbocycles. The van der Waals surface area contributed by atoms with Crippen LogP contribution in [-0.2, 0) is 4.74 Å². The maximum atomic E-state index is 9.77. The zero-order valence-electron chi connectivity index (χ0n) is 16.3. The number of ether oxygens (including phenoxy) is 1. The number of aromatic amines is 1. The molecular weight excluding hydrogens is 370 g/mol. The van der Waals surface area contributed by atoms with Crippen molar-refractivity contribution in [1.82, 2.24) is 19.2 Å². The van der Waals surface area contributed by atoms with Gasteiger partial charge in [0.05, 0.1) is 18.9 Å². The molecule has 0 amide bonds. The van der Waals surface area contributed by atoms with E-state index in [-0.39, 0.29) is 0 Å². The van der Waals surface area contributed by atoms with Gasteiger partial charge in [0.1, 0.15) is 17.3 Å². The number of nitrogens with one attached hydrogen (secondary N) is 2. The van der Waals surface area contributed by atoms with Gasteiger partial charge in [-0.2, -0.15) is 10.4 Å². The fraction of sp³-hybridized carbons (Fsp3) is 0.524. The fourth-order valence-corrected chi connectivity index (χ4v) is 4.84. The van der Waals surface area contributed by atoms with E-state index in [1.165, 1.54) is 5.56 Å². The number of morpholine rings is 1. The molecule has 28 heavy (non-hydrogen) atoms. The Morgan fingerprint density at radius 1 is 1.18 bits per heavy atom. The third kappa shape index (κ3) is 4.41. The zero-order chi connectivity index (χ0) is 19.3. The van der Waals surface area contributed by atoms with Crippen LogP contribution in [0.5, 0.6) is 0 Å². The average Bonchev–Trinajstić information content (AvgIpc) is 3.18. The van der Waals surface area contributed by atoms with Gasteiger partial charge in [0.15, 0.2) is 0 Å². The van der Waals surface area contributed by atoms with E-state index in [1.54, 1.807) is 12.1 Å². The van der Waals surface area contributed by atoms with E-state index in [0.29, 0.717) is 17.5 Å². The predicted octanol–water partition coefficient (Wildman–Crippen LogP) is 3.77. The molecule has 0 spiro atoms. The Morgan fingerprint density at radius 3 is 2.57 bits per heavy atom. The topological polar surface area (TPSA) is 77.0 Å². The van der Waals surface area contributed by atoms with E-state index in [9.17, 15) is 5.26 Å². The van der Waals surface area contributed by atoms with Gasteiger partial charge in [-0.15, -0.1) is 0 Å². The quantitative estimate of drug-likeness (QED) is 0.748. The van der Waals surface area contributed by atoms with Gasteiger partial charge in [0.2, 0.25) is 0 Å². The molecule has 7 heteroatoms. The molecule has 1 aromatic carbocycles. The Labute approximate surface area is 170 Å². The molecule has 2 fully saturated rings. The van der Waals surface area contributed by atoms with Crippen molar-refractivity contribution >= 4 is 12.1 Å². The standard InChI is InChI=1S/C21H27N5OS/c1-15-2-4-16(5-3-15)20-19(14-22)21(24-23-20)17-6-8-18(9-7-17)25-28-26-10-12-27-13-11-26/h2-5,17-18,25H,6-13H2,1H3,(H,23,24). The molecule has 4 rings (SSSR count). The third-order valence-electron chi connectivity index (χ3n) is 5.69. The molecule has 0 bridgehead atoms. The number of nitrogens with zero attached hydrogens (tertiary/aromatic N) is 3. The fourth-order valence-electron chi connectivity index (χ4n) is 3.97. The van der Waals surface area contributed by atoms with Crippen LogP contribution in [0.4, 0.5) is 0 Å². The first-order valence-corrected chi connectivity index (χ1v) is 10.8. The lowest BCUT2D eigenvalue weighted by Crippen LogP contribution is -2.37. The number of aryl methyl sites for hydroxylation is 1. The summed E-state index contributed by atoms with van der Waals surface area (Å²) < 4.78 is 11.4. The van der Waals surface area contributed by atoms with Gasteiger partial charge in [0, 0.05) is 42.7 Å². The summed E-state index contributed by atoms with van der Waals surface area (Å²) in [6.45, 7) is 5.67. The van der Waals surface area contributed by atoms with Crippen LogP contribution in [0.2, 0.25) is 0 Å². The zero-order valence-corrected chi connectivity index (χ0v) is 17.1. The van der Waals surface area contributed by atoms with Crippen molar-refractivity contribution in [3.63, 3.8) is 0 Å². The Kier molecular flexibility index (Phi) is 6.33. The summed E-state index contributed by atoms with van der Waals surface area (Å²) >= 11 is 1.74. The van der Waals surface area contributed by atoms with Crippen LogP contribution < -0.4 is 4.72 Å². The largest absolute Gasteiger partial charge is 0.379 e. The number of hydrogen-bond acceptors (Lipinski definition) is 6. The van der Waals surface area contributed by atoms with Gasteiger partial charge in [-0.3, -0.25) is 5.10 Å². The molecule has 0 unspecified atom stereocenters. The molecule has 2 aliphatic rings. The summed E-state index contributed by atoms with van der Waals surface area (Å²) in [5, 5.41) is 17.5. The molecular formula is C21H27N5OS. The molecule has 2 heterocycles. The summed E-state index contributed by atoms with van der Waals surface area (Å²) in [6.07, 6.45) is 4.38. The van der Waals surface area contributed by atoms with Crippen LogP contribution >= 0.6 is 12.1 Å². The van der Waals surface area contributed by atoms with Crippen LogP contribution in [0.1, 0.15) is 48.4 Å². The lowest BCUT2D eigenvalue weighted by atomic mass is 9.83. The number of benzene rings is 1. The Morgan fingerprint density at radius 2 is 1.89 bits per heavy atom. The average molecular weight is 398 g/mol. The van der Waals surface area contributed by atoms with Crippen LogP contribution in [-0.4, -0.2) is 46.8 Å². The van der Waals surface area contributed by atoms with Gasteiger partial charge >= 0.3 is 0 Å². The van der Waals surface area contributed by atoms with E-state index < -0.39 is 0 Å². The molecule has 0 atom stereocenters. The highest BCUT2D eigenvalue weighted by molar-refractivity contribution is 7.95. The Balaban J connectivity index is 1.37. The number of aromatic nitrogens is 2. The van der Waals surface area contributed by atoms with E-state index in [1.807, 2.05) is 12.1 Å². The molecule has 1 saturated carbocycles. The minimum Gasteiger partial charge on any atom is -0.379 e. The summed E-state index contributed by atoms with van der Waals surface area (Å²) in [7, 11) is 0. The SMILES string of the molecule is Cc1ccc(-c2n[nH]c(C3CCC(NSN4CCOCC4)CC3)c2C#N)cc1. The van der Waals surface area contributed by atoms with Gasteiger partial charge in [0.25, 0.3) is 0 Å². The number of hydrogen-bond donors (Lipinski definition) is 2. The van der Waals surface area contributed by atoms with Crippen LogP contribution in [0.3, 0.4) is 0 Å². The van der Waals surface area contributed by atoms with Crippen LogP contribution in [0, 0.1) is 18.3 Å². The Hall–Kier alpha value is -1.85. The third-order valence-corrected chi connectivity index (χ3v) is 6.75. The van der Waals surface area contributed by atoms with Gasteiger partial charge in [-0.1, -0.05) is 29.8 Å². The molecule has 148 valence electrons. The minimum absolute atomic E-state index is 0.382. The highest BCUT2D eigenvalue weighted by Gasteiger charge is 2.28. The highest BCUT2D eigenvalue weighted by Crippen LogP contribution is 2.36. The van der Waals surface area contributed by atoms with Gasteiger partial charge in [-0.05, 0) is 32.6 Å². The maximum Gasteiger partial charge on any atom is 0.110 e. The van der Waals surface area contributed by atoms with E-state index in [2.05, 4.69) is 44.4 Å². The monoisotopic (exact) mass is 397 g/mol. The molecule has 6 nitrogen and oxygen atoms in total. The summed E-state index contributed by atoms with van der Waals surface area (Å²) in [4.78, 5) is 0. The normalized spacial score (nSPS) is 23.4. The van der Waals surface area contributed by atoms with Gasteiger partial charge in [-0.25, -0.2) is 9.03 Å². The van der Waals surface area contributed by atoms with Crippen molar-refractivity contribution in [3.8, 4) is 17.3 Å². The van der Waals surface area contributed by atoms with Crippen molar-refractivity contribution in [2.45, 2.75) is 44.6 Å². The van der Waals surface area contributed by atoms with Crippen molar-refractivity contribution < 1.29 is 4.74 Å². The maximum absolute atomic E-state index is 9.77. The van der Waals surface area contributed by atoms with E-state index >= 15 is 0 Å². The van der Waals surface area contributed by atoms with Crippen LogP contribution in [0.15, 0.2) is 24.3 Å². The van der Waals surface area contributed by atoms with Gasteiger partial charge < -0.3 is 4.74 Å². The first-order chi connectivity index (χ1) is 13.7. The molecule has 1 aromatic heterocycles. The Bertz CT molecular complexity index is 814. The first-order valence-electron chi connectivity index (χ1n) is 10.0. The summed E-state index contributed by atoms with van der Waals surface area (Å²) in [5.74, 6) is 0.382. The van der Waals surface area contributed by atoms with Crippen molar-refractivity contribution in [2.24, 2.45) is 0 Å². The lowest BCUT2D eigenvalue weighted by Gasteiger charge is -2.31. The van der Waals surface area contributed by atoms with E-state index in [0.717, 1.165) is 68.9 Å². The summed E-state index contributed by atoms with van der Waals surface area (Å²) in [5.41, 5.74) is 4.71. The first kappa shape index (κ1) is 19.5. The lowest BCUT2D eigenvalue weighted by molar-refractivity contribution is 0.0768. The highest BCUT2D eigenvalue weighted by atomic mass is 32.2. The minimum atomic E-state index is 0.382. The number of H-pyrrole nitrogens is 1. The second-order valence-electron chi connectivity index (χ2n) is 7.64. The molecule has 2 aromatic rings. The molecule has 1 saturated heterocycles. The number of rotatable bonds is 5. The smallest absolute Gasteiger partial charge is 0.110 e. The van der Waals surface area contributed by atoms with Crippen molar-refractivity contribution in [2.75, 3.05) is 26.3 Å². The molecule has 0 radical (unpaired) electrons. The van der Waals surface area contributed by atoms with Crippen molar-refractivity contribution in [3.05, 3.63) is 41.1 Å². The van der Waals surface area contributed by atoms with E-state index in [4.69, 9.17) is 4.74 Å². The van der Waals surface area contributed by atoms with Crippen LogP contribution in [0.25, 0.3) is 11.3 Å². The second kappa shape index (κ2) is 9.10. The molecule has 1 aliphatic heterocycles. The summed E-state index contributed by atoms with van der Waals surface area (Å²) in [6, 6.07) is 11.1. The second-order valence-corrected chi connectivity index (χ2v) is 8.57.